The quantitative estimate of drug-likeness (QED) is 0.938. The van der Waals surface area contributed by atoms with Gasteiger partial charge in [-0.3, -0.25) is 4.79 Å². The minimum Gasteiger partial charge on any atom is -0.367 e. The van der Waals surface area contributed by atoms with Crippen molar-refractivity contribution in [3.63, 3.8) is 0 Å². The van der Waals surface area contributed by atoms with Gasteiger partial charge in [0.15, 0.2) is 0 Å². The number of hydrogen-bond acceptors (Lipinski definition) is 5. The molecule has 0 radical (unpaired) electrons. The monoisotopic (exact) mass is 320 g/mol. The molecule has 3 rings (SSSR count). The molecule has 1 atom stereocenters. The fourth-order valence-corrected chi connectivity index (χ4v) is 3.55. The number of imidazole rings is 1. The lowest BCUT2D eigenvalue weighted by Gasteiger charge is -2.32. The van der Waals surface area contributed by atoms with Crippen molar-refractivity contribution in [3.8, 4) is 0 Å². The molecular weight excluding hydrogens is 300 g/mol. The van der Waals surface area contributed by atoms with Crippen LogP contribution in [0, 0.1) is 20.8 Å². The van der Waals surface area contributed by atoms with E-state index in [1.807, 2.05) is 25.7 Å². The number of amides is 1. The van der Waals surface area contributed by atoms with Gasteiger partial charge < -0.3 is 14.6 Å². The molecule has 0 aliphatic carbocycles. The van der Waals surface area contributed by atoms with Gasteiger partial charge in [-0.25, -0.2) is 9.97 Å². The second-order valence-corrected chi connectivity index (χ2v) is 6.86. The predicted molar refractivity (Wildman–Crippen MR) is 83.9 cm³/mol. The molecule has 1 aliphatic heterocycles. The molecule has 2 aromatic heterocycles. The predicted octanol–water partition coefficient (Wildman–Crippen LogP) is 1.93. The van der Waals surface area contributed by atoms with Crippen LogP contribution < -0.4 is 0 Å². The van der Waals surface area contributed by atoms with Crippen molar-refractivity contribution in [2.75, 3.05) is 19.7 Å². The molecule has 0 unspecified atom stereocenters. The molecule has 1 saturated heterocycles. The first-order valence-corrected chi connectivity index (χ1v) is 8.18. The van der Waals surface area contributed by atoms with Gasteiger partial charge in [0.25, 0.3) is 0 Å². The standard InChI is InChI=1S/C15H20N4O2S/c1-9-7-16-15(17-9)12-8-19(4-5-21-12)14(20)6-13-10(2)18-11(3)22-13/h7,12H,4-6,8H2,1-3H3,(H,16,17)/t12-/m0/s1. The summed E-state index contributed by atoms with van der Waals surface area (Å²) in [5.74, 6) is 0.920. The molecule has 1 amide bonds. The summed E-state index contributed by atoms with van der Waals surface area (Å²) < 4.78 is 5.74. The van der Waals surface area contributed by atoms with Crippen molar-refractivity contribution in [2.24, 2.45) is 0 Å². The first-order valence-electron chi connectivity index (χ1n) is 7.36. The number of rotatable bonds is 3. The fourth-order valence-electron chi connectivity index (χ4n) is 2.62. The van der Waals surface area contributed by atoms with Gasteiger partial charge in [-0.2, -0.15) is 0 Å². The third-order valence-corrected chi connectivity index (χ3v) is 4.83. The molecule has 1 N–H and O–H groups in total. The summed E-state index contributed by atoms with van der Waals surface area (Å²) >= 11 is 1.60. The van der Waals surface area contributed by atoms with Gasteiger partial charge >= 0.3 is 0 Å². The van der Waals surface area contributed by atoms with Crippen LogP contribution in [0.4, 0.5) is 0 Å². The molecule has 1 aliphatic rings. The molecular formula is C15H20N4O2S. The van der Waals surface area contributed by atoms with E-state index < -0.39 is 0 Å². The number of aryl methyl sites for hydroxylation is 3. The van der Waals surface area contributed by atoms with Crippen molar-refractivity contribution in [2.45, 2.75) is 33.3 Å². The van der Waals surface area contributed by atoms with Crippen molar-refractivity contribution in [1.29, 1.82) is 0 Å². The Balaban J connectivity index is 1.66. The molecule has 7 heteroatoms. The second-order valence-electron chi connectivity index (χ2n) is 5.57. The Morgan fingerprint density at radius 3 is 2.95 bits per heavy atom. The number of carbonyl (C=O) groups excluding carboxylic acids is 1. The molecule has 0 saturated carbocycles. The fraction of sp³-hybridized carbons (Fsp3) is 0.533. The first-order chi connectivity index (χ1) is 10.5. The van der Waals surface area contributed by atoms with Crippen LogP contribution >= 0.6 is 11.3 Å². The van der Waals surface area contributed by atoms with E-state index in [1.54, 1.807) is 17.5 Å². The van der Waals surface area contributed by atoms with Gasteiger partial charge in [-0.1, -0.05) is 0 Å². The summed E-state index contributed by atoms with van der Waals surface area (Å²) in [7, 11) is 0. The first kappa shape index (κ1) is 15.2. The molecule has 0 bridgehead atoms. The third-order valence-electron chi connectivity index (χ3n) is 3.76. The number of aromatic amines is 1. The maximum absolute atomic E-state index is 12.5. The van der Waals surface area contributed by atoms with Gasteiger partial charge in [0.1, 0.15) is 11.9 Å². The Morgan fingerprint density at radius 2 is 2.32 bits per heavy atom. The molecule has 2 aromatic rings. The Hall–Kier alpha value is -1.73. The zero-order valence-electron chi connectivity index (χ0n) is 13.0. The summed E-state index contributed by atoms with van der Waals surface area (Å²) in [6.07, 6.45) is 2.03. The molecule has 0 spiro atoms. The lowest BCUT2D eigenvalue weighted by molar-refractivity contribution is -0.138. The van der Waals surface area contributed by atoms with E-state index in [-0.39, 0.29) is 12.0 Å². The number of carbonyl (C=O) groups is 1. The van der Waals surface area contributed by atoms with Crippen molar-refractivity contribution in [1.82, 2.24) is 19.9 Å². The number of aromatic nitrogens is 3. The topological polar surface area (TPSA) is 71.1 Å². The average Bonchev–Trinajstić information content (AvgIpc) is 3.05. The maximum atomic E-state index is 12.5. The molecule has 0 aromatic carbocycles. The highest BCUT2D eigenvalue weighted by atomic mass is 32.1. The molecule has 22 heavy (non-hydrogen) atoms. The minimum atomic E-state index is -0.171. The van der Waals surface area contributed by atoms with Crippen LogP contribution in [0.15, 0.2) is 6.20 Å². The molecule has 1 fully saturated rings. The Labute approximate surface area is 133 Å². The zero-order valence-corrected chi connectivity index (χ0v) is 13.9. The number of thiazole rings is 1. The summed E-state index contributed by atoms with van der Waals surface area (Å²) in [6.45, 7) is 7.60. The number of H-pyrrole nitrogens is 1. The van der Waals surface area contributed by atoms with Gasteiger partial charge in [-0.15, -0.1) is 11.3 Å². The number of morpholine rings is 1. The smallest absolute Gasteiger partial charge is 0.228 e. The van der Waals surface area contributed by atoms with Crippen LogP contribution in [0.25, 0.3) is 0 Å². The Bertz CT molecular complexity index is 679. The second kappa shape index (κ2) is 6.18. The van der Waals surface area contributed by atoms with E-state index >= 15 is 0 Å². The van der Waals surface area contributed by atoms with Gasteiger partial charge in [0.05, 0.1) is 30.3 Å². The Morgan fingerprint density at radius 1 is 1.50 bits per heavy atom. The SMILES string of the molecule is Cc1cnc([C@@H]2CN(C(=O)Cc3sc(C)nc3C)CCO2)[nH]1. The highest BCUT2D eigenvalue weighted by Crippen LogP contribution is 2.22. The van der Waals surface area contributed by atoms with Gasteiger partial charge in [-0.05, 0) is 20.8 Å². The molecule has 3 heterocycles. The van der Waals surface area contributed by atoms with Crippen LogP contribution in [-0.2, 0) is 16.0 Å². The highest BCUT2D eigenvalue weighted by molar-refractivity contribution is 7.11. The van der Waals surface area contributed by atoms with E-state index in [9.17, 15) is 4.79 Å². The summed E-state index contributed by atoms with van der Waals surface area (Å²) in [5, 5.41) is 1.01. The normalized spacial score (nSPS) is 18.7. The summed E-state index contributed by atoms with van der Waals surface area (Å²) in [5.41, 5.74) is 1.96. The lowest BCUT2D eigenvalue weighted by Crippen LogP contribution is -2.43. The summed E-state index contributed by atoms with van der Waals surface area (Å²) in [6, 6.07) is 0. The number of nitrogens with one attached hydrogen (secondary N) is 1. The summed E-state index contributed by atoms with van der Waals surface area (Å²) in [4.78, 5) is 27.3. The van der Waals surface area contributed by atoms with Gasteiger partial charge in [0.2, 0.25) is 5.91 Å². The highest BCUT2D eigenvalue weighted by Gasteiger charge is 2.27. The lowest BCUT2D eigenvalue weighted by atomic mass is 10.2. The van der Waals surface area contributed by atoms with Crippen LogP contribution in [0.5, 0.6) is 0 Å². The molecule has 6 nitrogen and oxygen atoms in total. The number of ether oxygens (including phenoxy) is 1. The zero-order chi connectivity index (χ0) is 15.7. The van der Waals surface area contributed by atoms with E-state index in [1.165, 1.54) is 0 Å². The van der Waals surface area contributed by atoms with E-state index in [2.05, 4.69) is 15.0 Å². The number of hydrogen-bond donors (Lipinski definition) is 1. The van der Waals surface area contributed by atoms with Crippen molar-refractivity contribution < 1.29 is 9.53 Å². The van der Waals surface area contributed by atoms with E-state index in [0.717, 1.165) is 27.1 Å². The molecule has 118 valence electrons. The number of nitrogens with zero attached hydrogens (tertiary/aromatic N) is 3. The van der Waals surface area contributed by atoms with Gasteiger partial charge in [0, 0.05) is 23.3 Å². The average molecular weight is 320 g/mol. The van der Waals surface area contributed by atoms with E-state index in [0.29, 0.717) is 26.1 Å². The third kappa shape index (κ3) is 3.20. The van der Waals surface area contributed by atoms with E-state index in [4.69, 9.17) is 4.74 Å². The van der Waals surface area contributed by atoms with Crippen molar-refractivity contribution in [3.05, 3.63) is 33.3 Å². The van der Waals surface area contributed by atoms with Crippen LogP contribution in [0.2, 0.25) is 0 Å². The minimum absolute atomic E-state index is 0.128. The van der Waals surface area contributed by atoms with Crippen molar-refractivity contribution >= 4 is 17.2 Å². The largest absolute Gasteiger partial charge is 0.367 e. The van der Waals surface area contributed by atoms with Crippen LogP contribution in [0.1, 0.15) is 33.2 Å². The van der Waals surface area contributed by atoms with Crippen LogP contribution in [-0.4, -0.2) is 45.5 Å². The maximum Gasteiger partial charge on any atom is 0.228 e. The van der Waals surface area contributed by atoms with Crippen LogP contribution in [0.3, 0.4) is 0 Å². The Kier molecular flexibility index (Phi) is 4.26.